The first-order valence-corrected chi connectivity index (χ1v) is 15.1. The summed E-state index contributed by atoms with van der Waals surface area (Å²) in [4.78, 5) is 13.5. The summed E-state index contributed by atoms with van der Waals surface area (Å²) in [5.74, 6) is 1.21. The first kappa shape index (κ1) is 26.7. The Labute approximate surface area is 229 Å². The predicted molar refractivity (Wildman–Crippen MR) is 153 cm³/mol. The van der Waals surface area contributed by atoms with Crippen LogP contribution in [-0.4, -0.2) is 41.9 Å². The number of rotatable bonds is 11. The molecule has 0 amide bonds. The first-order chi connectivity index (χ1) is 18.8. The maximum absolute atomic E-state index is 13.1. The van der Waals surface area contributed by atoms with Gasteiger partial charge in [0, 0.05) is 41.4 Å². The van der Waals surface area contributed by atoms with Crippen LogP contribution in [0.5, 0.6) is 5.75 Å². The van der Waals surface area contributed by atoms with Gasteiger partial charge in [-0.25, -0.2) is 27.8 Å². The van der Waals surface area contributed by atoms with Crippen molar-refractivity contribution >= 4 is 43.6 Å². The van der Waals surface area contributed by atoms with Gasteiger partial charge in [-0.15, -0.1) is 11.3 Å². The molecule has 0 saturated carbocycles. The van der Waals surface area contributed by atoms with Crippen LogP contribution in [0.1, 0.15) is 11.3 Å². The summed E-state index contributed by atoms with van der Waals surface area (Å²) in [6, 6.07) is 19.7. The Hall–Kier alpha value is -3.93. The SMILES string of the molecule is CS(=O)(=O)CCNCc1csc(-c2ccc3c(Nc4ccc(OCc5ccc(F)cc5)cc4)ncnc3c2)n1. The van der Waals surface area contributed by atoms with E-state index in [1.807, 2.05) is 47.8 Å². The molecule has 2 heterocycles. The molecule has 0 radical (unpaired) electrons. The molecule has 0 spiro atoms. The monoisotopic (exact) mass is 563 g/mol. The minimum Gasteiger partial charge on any atom is -0.489 e. The van der Waals surface area contributed by atoms with Crippen LogP contribution < -0.4 is 15.4 Å². The fourth-order valence-corrected chi connectivity index (χ4v) is 5.13. The summed E-state index contributed by atoms with van der Waals surface area (Å²) in [6.45, 7) is 1.25. The lowest BCUT2D eigenvalue weighted by atomic mass is 10.1. The van der Waals surface area contributed by atoms with Crippen molar-refractivity contribution in [3.8, 4) is 16.3 Å². The number of hydrogen-bond donors (Lipinski definition) is 2. The van der Waals surface area contributed by atoms with E-state index in [2.05, 4.69) is 25.6 Å². The van der Waals surface area contributed by atoms with Crippen LogP contribution in [0.4, 0.5) is 15.9 Å². The smallest absolute Gasteiger partial charge is 0.148 e. The average molecular weight is 564 g/mol. The third-order valence-corrected chi connectivity index (χ3v) is 7.71. The van der Waals surface area contributed by atoms with Gasteiger partial charge in [0.15, 0.2) is 0 Å². The molecular formula is C28H26FN5O3S2. The lowest BCUT2D eigenvalue weighted by Crippen LogP contribution is -2.22. The molecule has 0 fully saturated rings. The van der Waals surface area contributed by atoms with Crippen LogP contribution in [0.2, 0.25) is 0 Å². The van der Waals surface area contributed by atoms with Gasteiger partial charge < -0.3 is 15.4 Å². The minimum atomic E-state index is -2.99. The highest BCUT2D eigenvalue weighted by Crippen LogP contribution is 2.30. The van der Waals surface area contributed by atoms with Crippen LogP contribution >= 0.6 is 11.3 Å². The number of anilines is 2. The number of hydrogen-bond acceptors (Lipinski definition) is 9. The summed E-state index contributed by atoms with van der Waals surface area (Å²) in [5, 5.41) is 10.2. The highest BCUT2D eigenvalue weighted by atomic mass is 32.2. The van der Waals surface area contributed by atoms with Crippen molar-refractivity contribution in [2.75, 3.05) is 23.9 Å². The van der Waals surface area contributed by atoms with Crippen molar-refractivity contribution in [1.29, 1.82) is 0 Å². The maximum Gasteiger partial charge on any atom is 0.148 e. The van der Waals surface area contributed by atoms with Gasteiger partial charge >= 0.3 is 0 Å². The fourth-order valence-electron chi connectivity index (χ4n) is 3.80. The second-order valence-corrected chi connectivity index (χ2v) is 12.1. The number of halogens is 1. The zero-order chi connectivity index (χ0) is 27.2. The zero-order valence-electron chi connectivity index (χ0n) is 21.1. The topological polar surface area (TPSA) is 106 Å². The molecule has 5 aromatic rings. The molecule has 0 saturated heterocycles. The first-order valence-electron chi connectivity index (χ1n) is 12.1. The van der Waals surface area contributed by atoms with Crippen molar-refractivity contribution in [3.63, 3.8) is 0 Å². The van der Waals surface area contributed by atoms with Crippen molar-refractivity contribution in [3.05, 3.63) is 95.5 Å². The molecule has 2 N–H and O–H groups in total. The lowest BCUT2D eigenvalue weighted by Gasteiger charge is -2.10. The second-order valence-electron chi connectivity index (χ2n) is 8.97. The normalized spacial score (nSPS) is 11.5. The summed E-state index contributed by atoms with van der Waals surface area (Å²) in [6.07, 6.45) is 2.75. The van der Waals surface area contributed by atoms with Gasteiger partial charge in [-0.3, -0.25) is 0 Å². The average Bonchev–Trinajstić information content (AvgIpc) is 3.40. The van der Waals surface area contributed by atoms with Gasteiger partial charge in [0.1, 0.15) is 45.2 Å². The molecule has 39 heavy (non-hydrogen) atoms. The standard InChI is InChI=1S/C28H26FN5O3S2/c1-39(35,36)13-12-30-15-23-17-38-28(34-23)20-4-11-25-26(14-20)31-18-32-27(25)33-22-7-9-24(10-8-22)37-16-19-2-5-21(29)6-3-19/h2-11,14,17-18,30H,12-13,15-16H2,1H3,(H,31,32,33). The van der Waals surface area contributed by atoms with Gasteiger partial charge in [0.05, 0.1) is 17.0 Å². The number of fused-ring (bicyclic) bond motifs is 1. The molecule has 0 aliphatic carbocycles. The Balaban J connectivity index is 1.23. The maximum atomic E-state index is 13.1. The summed E-state index contributed by atoms with van der Waals surface area (Å²) in [5.41, 5.74) is 4.33. The van der Waals surface area contributed by atoms with E-state index in [1.54, 1.807) is 12.1 Å². The molecule has 0 atom stereocenters. The molecule has 11 heteroatoms. The van der Waals surface area contributed by atoms with Crippen molar-refractivity contribution in [2.24, 2.45) is 0 Å². The molecule has 200 valence electrons. The van der Waals surface area contributed by atoms with Crippen molar-refractivity contribution < 1.29 is 17.5 Å². The molecule has 8 nitrogen and oxygen atoms in total. The number of thiazole rings is 1. The number of ether oxygens (including phenoxy) is 1. The third-order valence-electron chi connectivity index (χ3n) is 5.83. The fraction of sp³-hybridized carbons (Fsp3) is 0.179. The van der Waals surface area contributed by atoms with E-state index >= 15 is 0 Å². The molecular weight excluding hydrogens is 537 g/mol. The van der Waals surface area contributed by atoms with E-state index in [0.29, 0.717) is 31.3 Å². The largest absolute Gasteiger partial charge is 0.489 e. The highest BCUT2D eigenvalue weighted by molar-refractivity contribution is 7.90. The van der Waals surface area contributed by atoms with Gasteiger partial charge in [0.25, 0.3) is 0 Å². The quantitative estimate of drug-likeness (QED) is 0.207. The summed E-state index contributed by atoms with van der Waals surface area (Å²) in [7, 11) is -2.99. The van der Waals surface area contributed by atoms with E-state index in [4.69, 9.17) is 4.74 Å². The Morgan fingerprint density at radius 3 is 2.56 bits per heavy atom. The van der Waals surface area contributed by atoms with Crippen LogP contribution in [0.15, 0.2) is 78.4 Å². The van der Waals surface area contributed by atoms with Crippen LogP contribution in [0.3, 0.4) is 0 Å². The lowest BCUT2D eigenvalue weighted by molar-refractivity contribution is 0.306. The molecule has 3 aromatic carbocycles. The van der Waals surface area contributed by atoms with Crippen molar-refractivity contribution in [2.45, 2.75) is 13.2 Å². The van der Waals surface area contributed by atoms with Crippen molar-refractivity contribution in [1.82, 2.24) is 20.3 Å². The molecule has 0 aliphatic rings. The Kier molecular flexibility index (Phi) is 8.10. The molecule has 5 rings (SSSR count). The molecule has 0 aliphatic heterocycles. The Bertz CT molecular complexity index is 1670. The number of sulfone groups is 1. The molecule has 0 bridgehead atoms. The molecule has 0 unspecified atom stereocenters. The van der Waals surface area contributed by atoms with Gasteiger partial charge in [-0.1, -0.05) is 18.2 Å². The number of benzene rings is 3. The van der Waals surface area contributed by atoms with E-state index in [-0.39, 0.29) is 11.6 Å². The van der Waals surface area contributed by atoms with E-state index < -0.39 is 9.84 Å². The summed E-state index contributed by atoms with van der Waals surface area (Å²) >= 11 is 1.53. The van der Waals surface area contributed by atoms with Gasteiger partial charge in [0.2, 0.25) is 0 Å². The van der Waals surface area contributed by atoms with Crippen LogP contribution in [0, 0.1) is 5.82 Å². The predicted octanol–water partition coefficient (Wildman–Crippen LogP) is 5.35. The Morgan fingerprint density at radius 1 is 1.00 bits per heavy atom. The number of nitrogens with zero attached hydrogens (tertiary/aromatic N) is 3. The van der Waals surface area contributed by atoms with E-state index in [9.17, 15) is 12.8 Å². The molecule has 2 aromatic heterocycles. The second kappa shape index (κ2) is 11.9. The minimum absolute atomic E-state index is 0.0974. The zero-order valence-corrected chi connectivity index (χ0v) is 22.7. The van der Waals surface area contributed by atoms with E-state index in [1.165, 1.54) is 36.1 Å². The number of aromatic nitrogens is 3. The van der Waals surface area contributed by atoms with E-state index in [0.717, 1.165) is 38.4 Å². The summed E-state index contributed by atoms with van der Waals surface area (Å²) < 4.78 is 41.4. The van der Waals surface area contributed by atoms with Gasteiger partial charge in [-0.2, -0.15) is 0 Å². The Morgan fingerprint density at radius 2 is 1.79 bits per heavy atom. The van der Waals surface area contributed by atoms with Crippen LogP contribution in [0.25, 0.3) is 21.5 Å². The van der Waals surface area contributed by atoms with Crippen LogP contribution in [-0.2, 0) is 23.0 Å². The highest BCUT2D eigenvalue weighted by Gasteiger charge is 2.10. The number of nitrogens with one attached hydrogen (secondary N) is 2. The third kappa shape index (κ3) is 7.34. The van der Waals surface area contributed by atoms with Gasteiger partial charge in [-0.05, 0) is 54.1 Å².